The van der Waals surface area contributed by atoms with Crippen molar-refractivity contribution in [2.45, 2.75) is 0 Å². The topological polar surface area (TPSA) is 81.4 Å². The van der Waals surface area contributed by atoms with Crippen LogP contribution in [0.2, 0.25) is 0 Å². The van der Waals surface area contributed by atoms with E-state index in [0.29, 0.717) is 5.75 Å². The highest BCUT2D eigenvalue weighted by Gasteiger charge is 2.15. The van der Waals surface area contributed by atoms with Crippen molar-refractivity contribution < 1.29 is 23.1 Å². The second-order valence-electron chi connectivity index (χ2n) is 4.78. The Balaban J connectivity index is 1.86. The van der Waals surface area contributed by atoms with Crippen molar-refractivity contribution >= 4 is 11.8 Å². The Bertz CT molecular complexity index is 837. The number of carbonyl (C=O) groups excluding carboxylic acids is 2. The van der Waals surface area contributed by atoms with E-state index in [0.717, 1.165) is 12.1 Å². The van der Waals surface area contributed by atoms with Gasteiger partial charge in [-0.25, -0.2) is 8.78 Å². The minimum absolute atomic E-state index is 0.0474. The zero-order chi connectivity index (χ0) is 18.2. The van der Waals surface area contributed by atoms with Gasteiger partial charge in [0.1, 0.15) is 29.6 Å². The van der Waals surface area contributed by atoms with Crippen molar-refractivity contribution in [3.63, 3.8) is 0 Å². The first-order chi connectivity index (χ1) is 12.0. The second kappa shape index (κ2) is 8.45. The van der Waals surface area contributed by atoms with Gasteiger partial charge in [0.25, 0.3) is 11.8 Å². The molecule has 3 N–H and O–H groups in total. The third kappa shape index (κ3) is 4.78. The fourth-order valence-corrected chi connectivity index (χ4v) is 1.95. The molecule has 0 heterocycles. The van der Waals surface area contributed by atoms with E-state index in [1.54, 1.807) is 18.2 Å². The fourth-order valence-electron chi connectivity index (χ4n) is 1.95. The van der Waals surface area contributed by atoms with Crippen LogP contribution in [0.25, 0.3) is 0 Å². The van der Waals surface area contributed by atoms with E-state index >= 15 is 0 Å². The monoisotopic (exact) mass is 344 g/mol. The van der Waals surface area contributed by atoms with Crippen molar-refractivity contribution in [1.82, 2.24) is 5.32 Å². The molecule has 0 aliphatic heterocycles. The summed E-state index contributed by atoms with van der Waals surface area (Å²) < 4.78 is 32.2. The Morgan fingerprint density at radius 3 is 2.40 bits per heavy atom. The number of nitrogens with one attached hydrogen (secondary N) is 1. The van der Waals surface area contributed by atoms with Crippen molar-refractivity contribution in [2.75, 3.05) is 13.2 Å². The molecule has 128 valence electrons. The lowest BCUT2D eigenvalue weighted by molar-refractivity contribution is 0.0948. The number of halogens is 2. The number of para-hydroxylation sites is 1. The third-order valence-corrected chi connectivity index (χ3v) is 3.10. The molecule has 2 amide bonds. The molecule has 2 aromatic carbocycles. The number of ether oxygens (including phenoxy) is 1. The first-order valence-corrected chi connectivity index (χ1v) is 7.20. The lowest BCUT2D eigenvalue weighted by atomic mass is 10.2. The van der Waals surface area contributed by atoms with E-state index < -0.39 is 29.0 Å². The summed E-state index contributed by atoms with van der Waals surface area (Å²) >= 11 is 0. The van der Waals surface area contributed by atoms with Gasteiger partial charge < -0.3 is 15.8 Å². The van der Waals surface area contributed by atoms with Crippen LogP contribution >= 0.6 is 0 Å². The van der Waals surface area contributed by atoms with E-state index in [4.69, 9.17) is 10.5 Å². The molecular weight excluding hydrogens is 330 g/mol. The van der Waals surface area contributed by atoms with Gasteiger partial charge in [-0.05, 0) is 24.3 Å². The maximum atomic E-state index is 13.4. The highest BCUT2D eigenvalue weighted by Crippen LogP contribution is 2.16. The average Bonchev–Trinajstić information content (AvgIpc) is 2.58. The summed E-state index contributed by atoms with van der Waals surface area (Å²) in [4.78, 5) is 22.9. The molecule has 0 aliphatic carbocycles. The maximum Gasteiger partial charge on any atom is 0.258 e. The third-order valence-electron chi connectivity index (χ3n) is 3.10. The Hall–Kier alpha value is -3.40. The number of amides is 2. The van der Waals surface area contributed by atoms with Crippen LogP contribution in [0.3, 0.4) is 0 Å². The Morgan fingerprint density at radius 1 is 1.04 bits per heavy atom. The highest BCUT2D eigenvalue weighted by atomic mass is 19.1. The number of carbonyl (C=O) groups is 2. The van der Waals surface area contributed by atoms with E-state index in [9.17, 15) is 18.4 Å². The first-order valence-electron chi connectivity index (χ1n) is 7.20. The zero-order valence-electron chi connectivity index (χ0n) is 13.0. The summed E-state index contributed by atoms with van der Waals surface area (Å²) in [6, 6.07) is 9.58. The molecule has 5 nitrogen and oxygen atoms in total. The van der Waals surface area contributed by atoms with Crippen LogP contribution in [0.4, 0.5) is 8.78 Å². The smallest absolute Gasteiger partial charge is 0.258 e. The van der Waals surface area contributed by atoms with Crippen molar-refractivity contribution in [1.29, 1.82) is 0 Å². The largest absolute Gasteiger partial charge is 0.480 e. The molecule has 0 unspecified atom stereocenters. The van der Waals surface area contributed by atoms with Crippen molar-refractivity contribution in [3.8, 4) is 17.6 Å². The molecular formula is C18H14F2N2O3. The molecule has 0 saturated carbocycles. The van der Waals surface area contributed by atoms with Crippen LogP contribution in [0, 0.1) is 23.5 Å². The van der Waals surface area contributed by atoms with Gasteiger partial charge >= 0.3 is 0 Å². The SMILES string of the molecule is NC(=O)c1ccccc1OCC#CCNC(=O)c1c(F)cccc1F. The number of hydrogen-bond acceptors (Lipinski definition) is 3. The molecule has 2 aromatic rings. The maximum absolute atomic E-state index is 13.4. The number of hydrogen-bond donors (Lipinski definition) is 2. The normalized spacial score (nSPS) is 9.68. The van der Waals surface area contributed by atoms with Gasteiger partial charge in [0.2, 0.25) is 0 Å². The molecule has 0 aliphatic rings. The molecule has 25 heavy (non-hydrogen) atoms. The Morgan fingerprint density at radius 2 is 1.72 bits per heavy atom. The standard InChI is InChI=1S/C18H14F2N2O3/c19-13-7-5-8-14(20)16(13)18(24)22-10-3-4-11-25-15-9-2-1-6-12(15)17(21)23/h1-2,5-9H,10-11H2,(H2,21,23)(H,22,24). The molecule has 0 atom stereocenters. The molecule has 0 aromatic heterocycles. The number of nitrogens with two attached hydrogens (primary N) is 1. The fraction of sp³-hybridized carbons (Fsp3) is 0.111. The molecule has 0 spiro atoms. The molecule has 7 heteroatoms. The molecule has 0 fully saturated rings. The summed E-state index contributed by atoms with van der Waals surface area (Å²) in [5.41, 5.74) is 4.79. The average molecular weight is 344 g/mol. The molecule has 0 radical (unpaired) electrons. The van der Waals surface area contributed by atoms with E-state index in [-0.39, 0.29) is 18.7 Å². The van der Waals surface area contributed by atoms with Gasteiger partial charge in [0.05, 0.1) is 12.1 Å². The summed E-state index contributed by atoms with van der Waals surface area (Å²) in [5.74, 6) is 2.06. The number of rotatable bonds is 5. The summed E-state index contributed by atoms with van der Waals surface area (Å²) in [7, 11) is 0. The predicted octanol–water partition coefficient (Wildman–Crippen LogP) is 1.88. The van der Waals surface area contributed by atoms with Crippen LogP contribution < -0.4 is 15.8 Å². The lowest BCUT2D eigenvalue weighted by Crippen LogP contribution is -2.25. The number of primary amides is 1. The zero-order valence-corrected chi connectivity index (χ0v) is 13.0. The molecule has 0 bridgehead atoms. The predicted molar refractivity (Wildman–Crippen MR) is 86.9 cm³/mol. The summed E-state index contributed by atoms with van der Waals surface area (Å²) in [5, 5.41) is 2.29. The van der Waals surface area contributed by atoms with Crippen LogP contribution in [0.5, 0.6) is 5.75 Å². The van der Waals surface area contributed by atoms with E-state index in [1.807, 2.05) is 0 Å². The van der Waals surface area contributed by atoms with Gasteiger partial charge in [0.15, 0.2) is 0 Å². The first kappa shape index (κ1) is 17.9. The van der Waals surface area contributed by atoms with Crippen molar-refractivity contribution in [2.24, 2.45) is 5.73 Å². The van der Waals surface area contributed by atoms with Gasteiger partial charge in [-0.15, -0.1) is 0 Å². The van der Waals surface area contributed by atoms with Gasteiger partial charge in [-0.3, -0.25) is 9.59 Å². The van der Waals surface area contributed by atoms with Gasteiger partial charge in [0, 0.05) is 0 Å². The highest BCUT2D eigenvalue weighted by molar-refractivity contribution is 5.95. The molecule has 2 rings (SSSR count). The van der Waals surface area contributed by atoms with Crippen molar-refractivity contribution in [3.05, 3.63) is 65.2 Å². The van der Waals surface area contributed by atoms with Crippen LogP contribution in [0.1, 0.15) is 20.7 Å². The van der Waals surface area contributed by atoms with Crippen LogP contribution in [0.15, 0.2) is 42.5 Å². The van der Waals surface area contributed by atoms with Crippen LogP contribution in [-0.2, 0) is 0 Å². The van der Waals surface area contributed by atoms with E-state index in [2.05, 4.69) is 17.2 Å². The van der Waals surface area contributed by atoms with E-state index in [1.165, 1.54) is 12.1 Å². The summed E-state index contributed by atoms with van der Waals surface area (Å²) in [6.07, 6.45) is 0. The quantitative estimate of drug-likeness (QED) is 0.813. The van der Waals surface area contributed by atoms with Gasteiger partial charge in [-0.1, -0.05) is 30.0 Å². The molecule has 0 saturated heterocycles. The summed E-state index contributed by atoms with van der Waals surface area (Å²) in [6.45, 7) is -0.165. The Kier molecular flexibility index (Phi) is 6.07. The van der Waals surface area contributed by atoms with Gasteiger partial charge in [-0.2, -0.15) is 0 Å². The Labute approximate surface area is 142 Å². The number of benzene rings is 2. The minimum Gasteiger partial charge on any atom is -0.480 e. The second-order valence-corrected chi connectivity index (χ2v) is 4.78. The minimum atomic E-state index is -0.947. The van der Waals surface area contributed by atoms with Crippen LogP contribution in [-0.4, -0.2) is 25.0 Å². The lowest BCUT2D eigenvalue weighted by Gasteiger charge is -2.06.